The van der Waals surface area contributed by atoms with Crippen molar-refractivity contribution in [1.29, 1.82) is 5.26 Å². The summed E-state index contributed by atoms with van der Waals surface area (Å²) in [4.78, 5) is 28.9. The molecule has 3 aromatic rings. The zero-order chi connectivity index (χ0) is 23.9. The summed E-state index contributed by atoms with van der Waals surface area (Å²) in [5, 5.41) is 12.5. The smallest absolute Gasteiger partial charge is 0.308 e. The predicted octanol–water partition coefficient (Wildman–Crippen LogP) is 5.33. The van der Waals surface area contributed by atoms with Gasteiger partial charge in [-0.1, -0.05) is 29.8 Å². The summed E-state index contributed by atoms with van der Waals surface area (Å²) in [6.45, 7) is 0.509. The molecule has 170 valence electrons. The zero-order valence-corrected chi connectivity index (χ0v) is 19.4. The highest BCUT2D eigenvalue weighted by Crippen LogP contribution is 2.54. The van der Waals surface area contributed by atoms with E-state index in [1.165, 1.54) is 28.8 Å². The molecular formula is C25H18ClFN4O2S. The van der Waals surface area contributed by atoms with Crippen molar-refractivity contribution >= 4 is 46.7 Å². The summed E-state index contributed by atoms with van der Waals surface area (Å²) in [7, 11) is 0. The van der Waals surface area contributed by atoms with Crippen molar-refractivity contribution in [3.8, 4) is 6.07 Å². The van der Waals surface area contributed by atoms with Crippen LogP contribution in [0, 0.1) is 17.1 Å². The second kappa shape index (κ2) is 8.67. The van der Waals surface area contributed by atoms with Crippen LogP contribution in [0.25, 0.3) is 0 Å². The molecule has 1 unspecified atom stereocenters. The number of benzene rings is 3. The third kappa shape index (κ3) is 3.67. The van der Waals surface area contributed by atoms with Crippen LogP contribution in [0.5, 0.6) is 0 Å². The van der Waals surface area contributed by atoms with E-state index in [0.29, 0.717) is 39.8 Å². The Bertz CT molecular complexity index is 1360. The number of fused-ring (bicyclic) bond motifs is 2. The molecule has 9 heteroatoms. The highest BCUT2D eigenvalue weighted by atomic mass is 35.5. The molecule has 2 heterocycles. The first-order valence-electron chi connectivity index (χ1n) is 10.5. The van der Waals surface area contributed by atoms with Crippen LogP contribution in [-0.4, -0.2) is 29.1 Å². The van der Waals surface area contributed by atoms with E-state index in [2.05, 4.69) is 11.4 Å². The second-order valence-corrected chi connectivity index (χ2v) is 9.67. The van der Waals surface area contributed by atoms with Gasteiger partial charge in [-0.05, 0) is 54.1 Å². The number of urea groups is 1. The number of carbonyl (C=O) groups is 2. The van der Waals surface area contributed by atoms with Crippen LogP contribution < -0.4 is 10.2 Å². The summed E-state index contributed by atoms with van der Waals surface area (Å²) >= 11 is 7.35. The van der Waals surface area contributed by atoms with E-state index in [-0.39, 0.29) is 12.5 Å². The number of thioether (sulfide) groups is 1. The van der Waals surface area contributed by atoms with Gasteiger partial charge in [-0.25, -0.2) is 9.18 Å². The van der Waals surface area contributed by atoms with E-state index < -0.39 is 16.7 Å². The molecule has 1 atom stereocenters. The quantitative estimate of drug-likeness (QED) is 0.536. The van der Waals surface area contributed by atoms with Crippen LogP contribution in [-0.2, 0) is 16.2 Å². The van der Waals surface area contributed by atoms with Crippen LogP contribution in [0.15, 0.2) is 66.7 Å². The molecule has 34 heavy (non-hydrogen) atoms. The number of nitrogens with one attached hydrogen (secondary N) is 1. The summed E-state index contributed by atoms with van der Waals surface area (Å²) in [6, 6.07) is 19.6. The van der Waals surface area contributed by atoms with Crippen LogP contribution in [0.1, 0.15) is 16.7 Å². The van der Waals surface area contributed by atoms with Gasteiger partial charge in [-0.3, -0.25) is 9.69 Å². The van der Waals surface area contributed by atoms with Crippen molar-refractivity contribution < 1.29 is 14.0 Å². The Morgan fingerprint density at radius 1 is 1.18 bits per heavy atom. The van der Waals surface area contributed by atoms with E-state index in [1.807, 2.05) is 6.07 Å². The van der Waals surface area contributed by atoms with Crippen molar-refractivity contribution in [2.24, 2.45) is 0 Å². The van der Waals surface area contributed by atoms with Gasteiger partial charge in [0.2, 0.25) is 0 Å². The maximum absolute atomic E-state index is 14.4. The SMILES string of the molecule is N#Cc1cccc(CN2C(=O)C3(SCCN3C(=O)Nc3cccc(Cl)c3)c3cc(F)ccc32)c1. The molecule has 3 aromatic carbocycles. The van der Waals surface area contributed by atoms with Gasteiger partial charge in [0.1, 0.15) is 5.82 Å². The van der Waals surface area contributed by atoms with E-state index in [9.17, 15) is 19.2 Å². The Morgan fingerprint density at radius 2 is 2.00 bits per heavy atom. The fraction of sp³-hybridized carbons (Fsp3) is 0.160. The van der Waals surface area contributed by atoms with E-state index in [1.54, 1.807) is 53.4 Å². The molecule has 2 aliphatic heterocycles. The normalized spacial score (nSPS) is 18.8. The number of halogens is 2. The van der Waals surface area contributed by atoms with Gasteiger partial charge in [0.05, 0.1) is 23.9 Å². The maximum atomic E-state index is 14.4. The number of anilines is 2. The standard InChI is InChI=1S/C25H18ClFN4O2S/c26-18-5-2-6-20(12-18)29-24(33)31-9-10-34-25(31)21-13-19(27)7-8-22(21)30(23(25)32)15-17-4-1-3-16(11-17)14-28/h1-8,11-13H,9-10,15H2,(H,29,33). The van der Waals surface area contributed by atoms with E-state index >= 15 is 0 Å². The third-order valence-corrected chi connectivity index (χ3v) is 7.53. The predicted molar refractivity (Wildman–Crippen MR) is 130 cm³/mol. The summed E-state index contributed by atoms with van der Waals surface area (Å²) in [5.74, 6) is -0.288. The Balaban J connectivity index is 1.53. The molecule has 0 aliphatic carbocycles. The fourth-order valence-electron chi connectivity index (χ4n) is 4.42. The lowest BCUT2D eigenvalue weighted by Crippen LogP contribution is -2.51. The Kier molecular flexibility index (Phi) is 5.68. The lowest BCUT2D eigenvalue weighted by Gasteiger charge is -2.33. The van der Waals surface area contributed by atoms with Crippen molar-refractivity contribution in [1.82, 2.24) is 4.90 Å². The van der Waals surface area contributed by atoms with Gasteiger partial charge in [0.25, 0.3) is 5.91 Å². The zero-order valence-electron chi connectivity index (χ0n) is 17.8. The van der Waals surface area contributed by atoms with Crippen molar-refractivity contribution in [2.75, 3.05) is 22.5 Å². The number of carbonyl (C=O) groups excluding carboxylic acids is 2. The van der Waals surface area contributed by atoms with Gasteiger partial charge in [-0.15, -0.1) is 11.8 Å². The number of rotatable bonds is 3. The monoisotopic (exact) mass is 492 g/mol. The molecule has 1 saturated heterocycles. The van der Waals surface area contributed by atoms with Gasteiger partial charge in [0, 0.05) is 28.6 Å². The molecule has 5 rings (SSSR count). The first-order chi connectivity index (χ1) is 16.4. The van der Waals surface area contributed by atoms with E-state index in [4.69, 9.17) is 11.6 Å². The van der Waals surface area contributed by atoms with Gasteiger partial charge in [-0.2, -0.15) is 5.26 Å². The van der Waals surface area contributed by atoms with Gasteiger partial charge in [0.15, 0.2) is 4.87 Å². The molecule has 1 spiro atoms. The van der Waals surface area contributed by atoms with Crippen LogP contribution in [0.2, 0.25) is 5.02 Å². The molecule has 0 aromatic heterocycles. The molecular weight excluding hydrogens is 475 g/mol. The van der Waals surface area contributed by atoms with E-state index in [0.717, 1.165) is 5.56 Å². The number of hydrogen-bond donors (Lipinski definition) is 1. The highest BCUT2D eigenvalue weighted by molar-refractivity contribution is 8.01. The number of hydrogen-bond acceptors (Lipinski definition) is 4. The molecule has 3 amide bonds. The first kappa shape index (κ1) is 22.3. The third-order valence-electron chi connectivity index (χ3n) is 5.87. The minimum atomic E-state index is -1.38. The Morgan fingerprint density at radius 3 is 2.79 bits per heavy atom. The topological polar surface area (TPSA) is 76.4 Å². The lowest BCUT2D eigenvalue weighted by atomic mass is 10.1. The number of amides is 3. The van der Waals surface area contributed by atoms with Crippen molar-refractivity contribution in [2.45, 2.75) is 11.4 Å². The minimum absolute atomic E-state index is 0.193. The molecule has 2 aliphatic rings. The summed E-state index contributed by atoms with van der Waals surface area (Å²) in [5.41, 5.74) is 2.73. The van der Waals surface area contributed by atoms with Gasteiger partial charge < -0.3 is 10.2 Å². The average Bonchev–Trinajstić information content (AvgIpc) is 3.36. The average molecular weight is 493 g/mol. The van der Waals surface area contributed by atoms with Crippen LogP contribution in [0.3, 0.4) is 0 Å². The molecule has 0 bridgehead atoms. The molecule has 0 radical (unpaired) electrons. The molecule has 6 nitrogen and oxygen atoms in total. The maximum Gasteiger partial charge on any atom is 0.323 e. The van der Waals surface area contributed by atoms with Crippen LogP contribution >= 0.6 is 23.4 Å². The first-order valence-corrected chi connectivity index (χ1v) is 11.9. The molecule has 0 saturated carbocycles. The molecule has 1 N–H and O–H groups in total. The highest BCUT2D eigenvalue weighted by Gasteiger charge is 2.59. The Labute approximate surface area is 204 Å². The number of nitrogens with zero attached hydrogens (tertiary/aromatic N) is 3. The minimum Gasteiger partial charge on any atom is -0.308 e. The fourth-order valence-corrected chi connectivity index (χ4v) is 6.07. The van der Waals surface area contributed by atoms with Crippen molar-refractivity contribution in [3.63, 3.8) is 0 Å². The lowest BCUT2D eigenvalue weighted by molar-refractivity contribution is -0.123. The van der Waals surface area contributed by atoms with Crippen molar-refractivity contribution in [3.05, 3.63) is 94.3 Å². The Hall–Kier alpha value is -3.54. The number of nitriles is 1. The van der Waals surface area contributed by atoms with Crippen LogP contribution in [0.4, 0.5) is 20.6 Å². The summed E-state index contributed by atoms with van der Waals surface area (Å²) < 4.78 is 14.4. The second-order valence-electron chi connectivity index (χ2n) is 7.95. The summed E-state index contributed by atoms with van der Waals surface area (Å²) in [6.07, 6.45) is 0. The van der Waals surface area contributed by atoms with Gasteiger partial charge >= 0.3 is 6.03 Å². The molecule has 1 fully saturated rings. The largest absolute Gasteiger partial charge is 0.323 e.